The quantitative estimate of drug-likeness (QED) is 0.809. The van der Waals surface area contributed by atoms with Gasteiger partial charge in [-0.05, 0) is 19.3 Å². The highest BCUT2D eigenvalue weighted by Gasteiger charge is 2.35. The molecule has 7 heteroatoms. The molecule has 2 unspecified atom stereocenters. The van der Waals surface area contributed by atoms with Crippen LogP contribution in [-0.4, -0.2) is 71.6 Å². The van der Waals surface area contributed by atoms with Crippen LogP contribution in [0.1, 0.15) is 32.6 Å². The van der Waals surface area contributed by atoms with Gasteiger partial charge in [-0.3, -0.25) is 9.59 Å². The van der Waals surface area contributed by atoms with Crippen molar-refractivity contribution in [3.63, 3.8) is 0 Å². The summed E-state index contributed by atoms with van der Waals surface area (Å²) in [5.41, 5.74) is 0. The number of ether oxygens (including phenoxy) is 1. The number of aliphatic carboxylic acids is 1. The van der Waals surface area contributed by atoms with Crippen LogP contribution >= 0.6 is 0 Å². The van der Waals surface area contributed by atoms with E-state index in [1.807, 2.05) is 6.92 Å². The van der Waals surface area contributed by atoms with Crippen LogP contribution in [0.5, 0.6) is 0 Å². The number of rotatable bonds is 4. The number of hydrogen-bond donors (Lipinski definition) is 1. The first-order valence-corrected chi connectivity index (χ1v) is 7.94. The maximum atomic E-state index is 12.6. The van der Waals surface area contributed by atoms with E-state index in [1.165, 1.54) is 0 Å². The molecule has 0 aromatic rings. The monoisotopic (exact) mass is 312 g/mol. The number of carbonyl (C=O) groups is 3. The number of carbonyl (C=O) groups excluding carboxylic acids is 2. The van der Waals surface area contributed by atoms with Gasteiger partial charge in [-0.1, -0.05) is 6.92 Å². The Kier molecular flexibility index (Phi) is 5.76. The molecule has 124 valence electrons. The standard InChI is InChI=1S/C15H24N2O5/c1-2-4-13(18)16-6-3-5-11(9-16)14(19)17-7-8-22-12(10-17)15(20)21/h11-12H,2-10H2,1H3,(H,20,21). The Bertz CT molecular complexity index is 440. The lowest BCUT2D eigenvalue weighted by Gasteiger charge is -2.37. The van der Waals surface area contributed by atoms with Gasteiger partial charge in [0.2, 0.25) is 11.8 Å². The van der Waals surface area contributed by atoms with Crippen LogP contribution in [0.2, 0.25) is 0 Å². The molecular weight excluding hydrogens is 288 g/mol. The summed E-state index contributed by atoms with van der Waals surface area (Å²) in [6.45, 7) is 3.88. The van der Waals surface area contributed by atoms with E-state index in [1.54, 1.807) is 9.80 Å². The summed E-state index contributed by atoms with van der Waals surface area (Å²) in [5, 5.41) is 9.01. The number of hydrogen-bond acceptors (Lipinski definition) is 4. The molecule has 0 aromatic heterocycles. The minimum absolute atomic E-state index is 0.0523. The van der Waals surface area contributed by atoms with Crippen LogP contribution in [0.3, 0.4) is 0 Å². The van der Waals surface area contributed by atoms with Gasteiger partial charge in [-0.2, -0.15) is 0 Å². The number of morpholine rings is 1. The Morgan fingerprint density at radius 2 is 1.95 bits per heavy atom. The largest absolute Gasteiger partial charge is 0.479 e. The fourth-order valence-corrected chi connectivity index (χ4v) is 3.03. The van der Waals surface area contributed by atoms with E-state index in [0.29, 0.717) is 26.1 Å². The molecule has 2 fully saturated rings. The SMILES string of the molecule is CCCC(=O)N1CCCC(C(=O)N2CCOC(C(=O)O)C2)C1. The molecule has 7 nitrogen and oxygen atoms in total. The highest BCUT2D eigenvalue weighted by atomic mass is 16.5. The average molecular weight is 312 g/mol. The van der Waals surface area contributed by atoms with Crippen molar-refractivity contribution in [3.8, 4) is 0 Å². The highest BCUT2D eigenvalue weighted by Crippen LogP contribution is 2.21. The molecule has 22 heavy (non-hydrogen) atoms. The van der Waals surface area contributed by atoms with Gasteiger partial charge < -0.3 is 19.6 Å². The van der Waals surface area contributed by atoms with Crippen molar-refractivity contribution in [3.05, 3.63) is 0 Å². The van der Waals surface area contributed by atoms with Crippen molar-refractivity contribution in [2.45, 2.75) is 38.7 Å². The summed E-state index contributed by atoms with van der Waals surface area (Å²) in [6, 6.07) is 0. The number of carboxylic acids is 1. The Labute approximate surface area is 130 Å². The Morgan fingerprint density at radius 1 is 1.18 bits per heavy atom. The summed E-state index contributed by atoms with van der Waals surface area (Å²) < 4.78 is 5.14. The van der Waals surface area contributed by atoms with Gasteiger partial charge in [0.15, 0.2) is 6.10 Å². The maximum Gasteiger partial charge on any atom is 0.334 e. The first-order chi connectivity index (χ1) is 10.5. The molecule has 2 aliphatic heterocycles. The zero-order chi connectivity index (χ0) is 16.1. The molecule has 0 radical (unpaired) electrons. The van der Waals surface area contributed by atoms with Gasteiger partial charge in [0, 0.05) is 26.1 Å². The number of likely N-dealkylation sites (tertiary alicyclic amines) is 1. The maximum absolute atomic E-state index is 12.6. The van der Waals surface area contributed by atoms with Crippen LogP contribution in [0.25, 0.3) is 0 Å². The van der Waals surface area contributed by atoms with Crippen molar-refractivity contribution < 1.29 is 24.2 Å². The van der Waals surface area contributed by atoms with E-state index in [0.717, 1.165) is 19.3 Å². The summed E-state index contributed by atoms with van der Waals surface area (Å²) in [4.78, 5) is 38.9. The molecule has 0 aromatic carbocycles. The predicted molar refractivity (Wildman–Crippen MR) is 78.2 cm³/mol. The van der Waals surface area contributed by atoms with E-state index in [-0.39, 0.29) is 30.9 Å². The molecule has 0 aliphatic carbocycles. The number of amides is 2. The van der Waals surface area contributed by atoms with E-state index in [2.05, 4.69) is 0 Å². The minimum Gasteiger partial charge on any atom is -0.479 e. The third-order valence-electron chi connectivity index (χ3n) is 4.24. The second-order valence-electron chi connectivity index (χ2n) is 5.91. The Hall–Kier alpha value is -1.63. The van der Waals surface area contributed by atoms with Crippen molar-refractivity contribution in [2.24, 2.45) is 5.92 Å². The summed E-state index contributed by atoms with van der Waals surface area (Å²) >= 11 is 0. The minimum atomic E-state index is -1.04. The van der Waals surface area contributed by atoms with Crippen LogP contribution < -0.4 is 0 Å². The smallest absolute Gasteiger partial charge is 0.334 e. The summed E-state index contributed by atoms with van der Waals surface area (Å²) in [5.74, 6) is -1.21. The van der Waals surface area contributed by atoms with Crippen molar-refractivity contribution >= 4 is 17.8 Å². The Balaban J connectivity index is 1.93. The van der Waals surface area contributed by atoms with E-state index >= 15 is 0 Å². The van der Waals surface area contributed by atoms with Gasteiger partial charge in [-0.15, -0.1) is 0 Å². The number of nitrogens with zero attached hydrogens (tertiary/aromatic N) is 2. The Morgan fingerprint density at radius 3 is 2.64 bits per heavy atom. The molecule has 0 spiro atoms. The second-order valence-corrected chi connectivity index (χ2v) is 5.91. The fourth-order valence-electron chi connectivity index (χ4n) is 3.03. The zero-order valence-corrected chi connectivity index (χ0v) is 13.0. The lowest BCUT2D eigenvalue weighted by molar-refractivity contribution is -0.161. The molecule has 2 heterocycles. The average Bonchev–Trinajstić information content (AvgIpc) is 2.54. The molecule has 2 amide bonds. The normalized spacial score (nSPS) is 25.9. The molecule has 0 bridgehead atoms. The lowest BCUT2D eigenvalue weighted by Crippen LogP contribution is -2.53. The highest BCUT2D eigenvalue weighted by molar-refractivity contribution is 5.82. The first kappa shape index (κ1) is 16.7. The van der Waals surface area contributed by atoms with Crippen molar-refractivity contribution in [2.75, 3.05) is 32.8 Å². The zero-order valence-electron chi connectivity index (χ0n) is 13.0. The predicted octanol–water partition coefficient (Wildman–Crippen LogP) is 0.337. The van der Waals surface area contributed by atoms with Crippen LogP contribution in [0, 0.1) is 5.92 Å². The molecule has 1 N–H and O–H groups in total. The van der Waals surface area contributed by atoms with E-state index in [4.69, 9.17) is 9.84 Å². The van der Waals surface area contributed by atoms with Gasteiger partial charge in [0.1, 0.15) is 0 Å². The van der Waals surface area contributed by atoms with Crippen LogP contribution in [0.4, 0.5) is 0 Å². The van der Waals surface area contributed by atoms with Gasteiger partial charge in [0.05, 0.1) is 19.1 Å². The van der Waals surface area contributed by atoms with Crippen LogP contribution in [0.15, 0.2) is 0 Å². The van der Waals surface area contributed by atoms with Crippen LogP contribution in [-0.2, 0) is 19.1 Å². The molecule has 2 saturated heterocycles. The van der Waals surface area contributed by atoms with Gasteiger partial charge in [0.25, 0.3) is 0 Å². The van der Waals surface area contributed by atoms with Crippen molar-refractivity contribution in [1.82, 2.24) is 9.80 Å². The topological polar surface area (TPSA) is 87.2 Å². The van der Waals surface area contributed by atoms with Crippen molar-refractivity contribution in [1.29, 1.82) is 0 Å². The second kappa shape index (κ2) is 7.58. The number of carboxylic acid groups (broad SMARTS) is 1. The summed E-state index contributed by atoms with van der Waals surface area (Å²) in [7, 11) is 0. The van der Waals surface area contributed by atoms with Gasteiger partial charge >= 0.3 is 5.97 Å². The molecular formula is C15H24N2O5. The summed E-state index contributed by atoms with van der Waals surface area (Å²) in [6.07, 6.45) is 1.94. The van der Waals surface area contributed by atoms with E-state index < -0.39 is 12.1 Å². The lowest BCUT2D eigenvalue weighted by atomic mass is 9.95. The molecule has 0 saturated carbocycles. The molecule has 2 aliphatic rings. The third kappa shape index (κ3) is 3.97. The first-order valence-electron chi connectivity index (χ1n) is 7.94. The molecule has 2 rings (SSSR count). The third-order valence-corrected chi connectivity index (χ3v) is 4.24. The van der Waals surface area contributed by atoms with Gasteiger partial charge in [-0.25, -0.2) is 4.79 Å². The van der Waals surface area contributed by atoms with E-state index in [9.17, 15) is 14.4 Å². The molecule has 2 atom stereocenters. The number of piperidine rings is 1. The fraction of sp³-hybridized carbons (Fsp3) is 0.800.